The van der Waals surface area contributed by atoms with E-state index in [0.29, 0.717) is 28.8 Å². The van der Waals surface area contributed by atoms with Crippen LogP contribution in [-0.4, -0.2) is 28.5 Å². The topological polar surface area (TPSA) is 55.8 Å². The van der Waals surface area contributed by atoms with E-state index in [1.165, 1.54) is 18.2 Å². The van der Waals surface area contributed by atoms with Gasteiger partial charge < -0.3 is 14.4 Å². The zero-order valence-corrected chi connectivity index (χ0v) is 27.4. The van der Waals surface area contributed by atoms with E-state index in [-0.39, 0.29) is 53.6 Å². The van der Waals surface area contributed by atoms with E-state index in [1.807, 2.05) is 35.2 Å². The summed E-state index contributed by atoms with van der Waals surface area (Å²) in [5.74, 6) is -2.13. The second kappa shape index (κ2) is 14.1. The maximum atomic E-state index is 16.5. The van der Waals surface area contributed by atoms with Gasteiger partial charge in [0.15, 0.2) is 5.83 Å². The lowest BCUT2D eigenvalue weighted by atomic mass is 9.81. The van der Waals surface area contributed by atoms with Gasteiger partial charge in [-0.25, -0.2) is 13.6 Å². The standard InChI is InChI=1S/C36H39Cl2F2NO4/c1-36(2,3)45-31(42)19-25-14-16-27(37)32(40)34(25)41-30(23-12-8-5-9-13-23)20-26(33(41)24-15-17-29(39)28(38)18-24)35(43)44-21-22-10-6-4-7-11-22/h4,6-7,10-11,15,17-18,23,30H,5,8-9,12-14,16,19-21H2,1-3H3. The van der Waals surface area contributed by atoms with Crippen LogP contribution in [-0.2, 0) is 25.7 Å². The third-order valence-electron chi connectivity index (χ3n) is 8.56. The van der Waals surface area contributed by atoms with Crippen molar-refractivity contribution in [2.45, 2.75) is 96.8 Å². The third-order valence-corrected chi connectivity index (χ3v) is 9.21. The number of hydrogen-bond acceptors (Lipinski definition) is 5. The summed E-state index contributed by atoms with van der Waals surface area (Å²) in [6, 6.07) is 13.3. The summed E-state index contributed by atoms with van der Waals surface area (Å²) in [4.78, 5) is 28.9. The fourth-order valence-corrected chi connectivity index (χ4v) is 6.97. The van der Waals surface area contributed by atoms with Crippen LogP contribution in [0.15, 0.2) is 76.2 Å². The van der Waals surface area contributed by atoms with Gasteiger partial charge in [0, 0.05) is 18.0 Å². The SMILES string of the molecule is CC(C)(C)OC(=O)CC1=C(N2C(c3ccc(F)c(Cl)c3)=C(C(=O)OCc3ccccc3)CC2C2CCCCC2)C(F)=C(Cl)CC1. The van der Waals surface area contributed by atoms with Gasteiger partial charge >= 0.3 is 11.9 Å². The van der Waals surface area contributed by atoms with Crippen molar-refractivity contribution in [1.29, 1.82) is 0 Å². The largest absolute Gasteiger partial charge is 0.460 e. The molecule has 2 aliphatic carbocycles. The number of halogens is 4. The highest BCUT2D eigenvalue weighted by molar-refractivity contribution is 6.31. The maximum absolute atomic E-state index is 16.5. The Morgan fingerprint density at radius 2 is 1.67 bits per heavy atom. The molecule has 1 unspecified atom stereocenters. The molecule has 2 aromatic carbocycles. The van der Waals surface area contributed by atoms with Gasteiger partial charge in [0.1, 0.15) is 18.0 Å². The number of nitrogens with zero attached hydrogens (tertiary/aromatic N) is 1. The molecule has 45 heavy (non-hydrogen) atoms. The van der Waals surface area contributed by atoms with Gasteiger partial charge in [0.25, 0.3) is 0 Å². The van der Waals surface area contributed by atoms with Gasteiger partial charge in [-0.05, 0) is 81.7 Å². The van der Waals surface area contributed by atoms with Crippen molar-refractivity contribution < 1.29 is 27.8 Å². The van der Waals surface area contributed by atoms with E-state index in [1.54, 1.807) is 20.8 Å². The van der Waals surface area contributed by atoms with Crippen LogP contribution in [0.3, 0.4) is 0 Å². The summed E-state index contributed by atoms with van der Waals surface area (Å²) < 4.78 is 42.4. The second-order valence-electron chi connectivity index (χ2n) is 13.0. The van der Waals surface area contributed by atoms with Crippen LogP contribution in [0, 0.1) is 11.7 Å². The predicted octanol–water partition coefficient (Wildman–Crippen LogP) is 9.79. The number of hydrogen-bond donors (Lipinski definition) is 0. The van der Waals surface area contributed by atoms with Gasteiger partial charge in [-0.2, -0.15) is 0 Å². The highest BCUT2D eigenvalue weighted by atomic mass is 35.5. The number of carbonyl (C=O) groups excluding carboxylic acids is 2. The molecule has 0 radical (unpaired) electrons. The number of ether oxygens (including phenoxy) is 2. The van der Waals surface area contributed by atoms with E-state index in [4.69, 9.17) is 32.7 Å². The van der Waals surface area contributed by atoms with Crippen molar-refractivity contribution in [3.8, 4) is 0 Å². The Hall–Kier alpha value is -3.16. The number of allylic oxidation sites excluding steroid dienone is 2. The minimum Gasteiger partial charge on any atom is -0.460 e. The fraction of sp³-hybridized carbons (Fsp3) is 0.444. The lowest BCUT2D eigenvalue weighted by Crippen LogP contribution is -2.38. The number of esters is 2. The van der Waals surface area contributed by atoms with Gasteiger partial charge in [-0.3, -0.25) is 4.79 Å². The first kappa shape index (κ1) is 33.2. The lowest BCUT2D eigenvalue weighted by Gasteiger charge is -2.40. The average Bonchev–Trinajstić information content (AvgIpc) is 3.39. The molecule has 0 bridgehead atoms. The summed E-state index contributed by atoms with van der Waals surface area (Å²) in [6.07, 6.45) is 5.68. The van der Waals surface area contributed by atoms with Gasteiger partial charge in [-0.15, -0.1) is 0 Å². The van der Waals surface area contributed by atoms with Crippen molar-refractivity contribution in [2.24, 2.45) is 5.92 Å². The molecule has 0 spiro atoms. The van der Waals surface area contributed by atoms with E-state index in [0.717, 1.165) is 37.7 Å². The van der Waals surface area contributed by atoms with Crippen LogP contribution in [0.5, 0.6) is 0 Å². The summed E-state index contributed by atoms with van der Waals surface area (Å²) in [6.45, 7) is 5.40. The molecule has 5 nitrogen and oxygen atoms in total. The monoisotopic (exact) mass is 657 g/mol. The van der Waals surface area contributed by atoms with Crippen LogP contribution in [0.4, 0.5) is 8.78 Å². The molecule has 0 aromatic heterocycles. The first-order chi connectivity index (χ1) is 21.4. The summed E-state index contributed by atoms with van der Waals surface area (Å²) in [5.41, 5.74) is 2.01. The number of carbonyl (C=O) groups is 2. The van der Waals surface area contributed by atoms with Crippen molar-refractivity contribution in [2.75, 3.05) is 0 Å². The van der Waals surface area contributed by atoms with Gasteiger partial charge in [0.2, 0.25) is 0 Å². The molecule has 1 aliphatic heterocycles. The van der Waals surface area contributed by atoms with Gasteiger partial charge in [0.05, 0.1) is 33.4 Å². The molecule has 3 aliphatic rings. The molecule has 240 valence electrons. The average molecular weight is 659 g/mol. The Bertz CT molecular complexity index is 1540. The quantitative estimate of drug-likeness (QED) is 0.265. The zero-order chi connectivity index (χ0) is 32.3. The van der Waals surface area contributed by atoms with Crippen LogP contribution < -0.4 is 0 Å². The maximum Gasteiger partial charge on any atom is 0.336 e. The lowest BCUT2D eigenvalue weighted by molar-refractivity contribution is -0.154. The summed E-state index contributed by atoms with van der Waals surface area (Å²) in [5, 5.41) is -0.0735. The first-order valence-electron chi connectivity index (χ1n) is 15.6. The van der Waals surface area contributed by atoms with Crippen LogP contribution >= 0.6 is 23.2 Å². The van der Waals surface area contributed by atoms with Crippen LogP contribution in [0.2, 0.25) is 5.02 Å². The highest BCUT2D eigenvalue weighted by Gasteiger charge is 2.45. The smallest absolute Gasteiger partial charge is 0.336 e. The molecule has 2 aromatic rings. The van der Waals surface area contributed by atoms with E-state index >= 15 is 4.39 Å². The molecule has 9 heteroatoms. The van der Waals surface area contributed by atoms with E-state index < -0.39 is 29.2 Å². The zero-order valence-electron chi connectivity index (χ0n) is 25.9. The van der Waals surface area contributed by atoms with Crippen molar-refractivity contribution >= 4 is 40.8 Å². The molecule has 0 amide bonds. The van der Waals surface area contributed by atoms with Crippen LogP contribution in [0.25, 0.3) is 5.70 Å². The molecule has 0 N–H and O–H groups in total. The number of benzene rings is 2. The first-order valence-corrected chi connectivity index (χ1v) is 16.4. The molecule has 1 fully saturated rings. The van der Waals surface area contributed by atoms with Crippen molar-refractivity contribution in [3.63, 3.8) is 0 Å². The van der Waals surface area contributed by atoms with E-state index in [9.17, 15) is 14.0 Å². The molecule has 1 atom stereocenters. The summed E-state index contributed by atoms with van der Waals surface area (Å²) in [7, 11) is 0. The minimum atomic E-state index is -0.720. The fourth-order valence-electron chi connectivity index (χ4n) is 6.60. The Morgan fingerprint density at radius 1 is 0.956 bits per heavy atom. The highest BCUT2D eigenvalue weighted by Crippen LogP contribution is 2.50. The summed E-state index contributed by atoms with van der Waals surface area (Å²) >= 11 is 12.8. The van der Waals surface area contributed by atoms with Crippen molar-refractivity contribution in [1.82, 2.24) is 4.90 Å². The van der Waals surface area contributed by atoms with Crippen molar-refractivity contribution in [3.05, 3.63) is 98.2 Å². The predicted molar refractivity (Wildman–Crippen MR) is 172 cm³/mol. The molecule has 0 saturated heterocycles. The van der Waals surface area contributed by atoms with E-state index in [2.05, 4.69) is 0 Å². The number of rotatable bonds is 8. The Balaban J connectivity index is 1.67. The minimum absolute atomic E-state index is 0.0527. The normalized spacial score (nSPS) is 19.8. The molecule has 1 saturated carbocycles. The Labute approximate surface area is 273 Å². The molecular weight excluding hydrogens is 619 g/mol. The third kappa shape index (κ3) is 7.81. The second-order valence-corrected chi connectivity index (χ2v) is 13.9. The Morgan fingerprint density at radius 3 is 2.33 bits per heavy atom. The molecule has 5 rings (SSSR count). The Kier molecular flexibility index (Phi) is 10.4. The van der Waals surface area contributed by atoms with Gasteiger partial charge in [-0.1, -0.05) is 72.8 Å². The molecule has 1 heterocycles. The van der Waals surface area contributed by atoms with Crippen LogP contribution in [0.1, 0.15) is 89.7 Å². The molecular formula is C36H39Cl2F2NO4.